The number of nitrogens with one attached hydrogen (secondary N) is 1. The van der Waals surface area contributed by atoms with Crippen LogP contribution in [0.2, 0.25) is 0 Å². The Morgan fingerprint density at radius 2 is 2.09 bits per heavy atom. The Labute approximate surface area is 132 Å². The number of nitrogens with two attached hydrogens (primary N) is 1. The van der Waals surface area contributed by atoms with Gasteiger partial charge in [0.2, 0.25) is 5.91 Å². The molecule has 5 nitrogen and oxygen atoms in total. The van der Waals surface area contributed by atoms with Gasteiger partial charge >= 0.3 is 0 Å². The Kier molecular flexibility index (Phi) is 7.60. The van der Waals surface area contributed by atoms with Crippen LogP contribution >= 0.6 is 0 Å². The van der Waals surface area contributed by atoms with Gasteiger partial charge in [0.1, 0.15) is 5.75 Å². The summed E-state index contributed by atoms with van der Waals surface area (Å²) in [5, 5.41) is 2.95. The minimum atomic E-state index is -0.106. The molecule has 0 saturated carbocycles. The van der Waals surface area contributed by atoms with Gasteiger partial charge in [0.15, 0.2) is 5.78 Å². The molecule has 0 saturated heterocycles. The molecule has 1 rings (SSSR count). The lowest BCUT2D eigenvalue weighted by Crippen LogP contribution is -2.40. The number of carbonyl (C=O) groups excluding carboxylic acids is 2. The molecule has 0 heterocycles. The average molecular weight is 306 g/mol. The average Bonchev–Trinajstić information content (AvgIpc) is 2.51. The normalized spacial score (nSPS) is 11.8. The van der Waals surface area contributed by atoms with Crippen molar-refractivity contribution in [1.82, 2.24) is 5.32 Å². The van der Waals surface area contributed by atoms with Crippen LogP contribution in [0.3, 0.4) is 0 Å². The van der Waals surface area contributed by atoms with E-state index in [1.54, 1.807) is 25.3 Å². The highest BCUT2D eigenvalue weighted by Crippen LogP contribution is 2.21. The summed E-state index contributed by atoms with van der Waals surface area (Å²) >= 11 is 0. The summed E-state index contributed by atoms with van der Waals surface area (Å²) in [7, 11) is 1.55. The molecular formula is C17H26N2O3. The maximum absolute atomic E-state index is 12.2. The van der Waals surface area contributed by atoms with Crippen LogP contribution in [-0.2, 0) is 11.2 Å². The molecule has 22 heavy (non-hydrogen) atoms. The van der Waals surface area contributed by atoms with Crippen molar-refractivity contribution in [3.63, 3.8) is 0 Å². The van der Waals surface area contributed by atoms with Crippen LogP contribution in [0.4, 0.5) is 0 Å². The van der Waals surface area contributed by atoms with Crippen LogP contribution in [-0.4, -0.2) is 31.4 Å². The first kappa shape index (κ1) is 18.2. The molecular weight excluding hydrogens is 280 g/mol. The Balaban J connectivity index is 2.77. The minimum absolute atomic E-state index is 0.00515. The van der Waals surface area contributed by atoms with Crippen molar-refractivity contribution in [3.8, 4) is 5.75 Å². The maximum Gasteiger partial charge on any atom is 0.224 e. The number of ketones is 1. The fourth-order valence-electron chi connectivity index (χ4n) is 2.29. The smallest absolute Gasteiger partial charge is 0.224 e. The third-order valence-corrected chi connectivity index (χ3v) is 3.59. The summed E-state index contributed by atoms with van der Waals surface area (Å²) in [5.74, 6) is 0.468. The Morgan fingerprint density at radius 1 is 1.36 bits per heavy atom. The Hall–Kier alpha value is -1.88. The number of hydrogen-bond donors (Lipinski definition) is 2. The van der Waals surface area contributed by atoms with Gasteiger partial charge in [0.25, 0.3) is 0 Å². The summed E-state index contributed by atoms with van der Waals surface area (Å²) in [5.41, 5.74) is 6.97. The van der Waals surface area contributed by atoms with Crippen molar-refractivity contribution >= 4 is 11.7 Å². The Bertz CT molecular complexity index is 515. The molecule has 1 aromatic carbocycles. The lowest BCUT2D eigenvalue weighted by molar-refractivity contribution is -0.121. The largest absolute Gasteiger partial charge is 0.496 e. The van der Waals surface area contributed by atoms with E-state index < -0.39 is 0 Å². The molecule has 0 aliphatic rings. The van der Waals surface area contributed by atoms with E-state index in [1.165, 1.54) is 6.92 Å². The predicted molar refractivity (Wildman–Crippen MR) is 87.2 cm³/mol. The van der Waals surface area contributed by atoms with E-state index in [4.69, 9.17) is 10.5 Å². The third-order valence-electron chi connectivity index (χ3n) is 3.59. The summed E-state index contributed by atoms with van der Waals surface area (Å²) in [6, 6.07) is 5.13. The van der Waals surface area contributed by atoms with Gasteiger partial charge in [-0.25, -0.2) is 0 Å². The first-order valence-corrected chi connectivity index (χ1v) is 7.69. The summed E-state index contributed by atoms with van der Waals surface area (Å²) < 4.78 is 5.26. The van der Waals surface area contributed by atoms with Crippen LogP contribution in [0, 0.1) is 0 Å². The molecule has 0 radical (unpaired) electrons. The quantitative estimate of drug-likeness (QED) is 0.684. The molecule has 1 aromatic rings. The number of benzene rings is 1. The molecule has 0 spiro atoms. The zero-order valence-corrected chi connectivity index (χ0v) is 13.6. The monoisotopic (exact) mass is 306 g/mol. The molecule has 0 bridgehead atoms. The van der Waals surface area contributed by atoms with E-state index in [1.807, 2.05) is 0 Å². The molecule has 0 aliphatic carbocycles. The van der Waals surface area contributed by atoms with Gasteiger partial charge in [0.05, 0.1) is 13.5 Å². The van der Waals surface area contributed by atoms with Crippen molar-refractivity contribution in [1.29, 1.82) is 0 Å². The molecule has 122 valence electrons. The minimum Gasteiger partial charge on any atom is -0.496 e. The second-order valence-corrected chi connectivity index (χ2v) is 5.40. The topological polar surface area (TPSA) is 81.4 Å². The van der Waals surface area contributed by atoms with Gasteiger partial charge in [-0.3, -0.25) is 9.59 Å². The van der Waals surface area contributed by atoms with E-state index in [0.717, 1.165) is 19.3 Å². The molecule has 1 unspecified atom stereocenters. The van der Waals surface area contributed by atoms with E-state index in [-0.39, 0.29) is 24.2 Å². The Morgan fingerprint density at radius 3 is 2.64 bits per heavy atom. The number of hydrogen-bond acceptors (Lipinski definition) is 4. The van der Waals surface area contributed by atoms with E-state index in [2.05, 4.69) is 12.2 Å². The molecule has 0 aliphatic heterocycles. The number of Topliss-reactive ketones (excluding diaryl/α,β-unsaturated/α-hetero) is 1. The molecule has 1 amide bonds. The van der Waals surface area contributed by atoms with Crippen LogP contribution in [0.5, 0.6) is 5.75 Å². The zero-order valence-electron chi connectivity index (χ0n) is 13.6. The molecule has 0 fully saturated rings. The fourth-order valence-corrected chi connectivity index (χ4v) is 2.29. The van der Waals surface area contributed by atoms with Crippen molar-refractivity contribution in [3.05, 3.63) is 29.3 Å². The molecule has 0 aromatic heterocycles. The van der Waals surface area contributed by atoms with E-state index >= 15 is 0 Å². The highest BCUT2D eigenvalue weighted by molar-refractivity contribution is 5.94. The number of carbonyl (C=O) groups is 2. The third kappa shape index (κ3) is 5.48. The molecule has 1 atom stereocenters. The predicted octanol–water partition coefficient (Wildman–Crippen LogP) is 2.07. The standard InChI is InChI=1S/C17H26N2O3/c1-4-5-6-15(11-18)19-17(21)10-14-9-13(12(2)20)7-8-16(14)22-3/h7-9,15H,4-6,10-11,18H2,1-3H3,(H,19,21). The first-order valence-electron chi connectivity index (χ1n) is 7.69. The van der Waals surface area contributed by atoms with Crippen LogP contribution in [0.25, 0.3) is 0 Å². The van der Waals surface area contributed by atoms with Crippen molar-refractivity contribution in [2.24, 2.45) is 5.73 Å². The van der Waals surface area contributed by atoms with Gasteiger partial charge in [-0.2, -0.15) is 0 Å². The number of unbranched alkanes of at least 4 members (excludes halogenated alkanes) is 1. The summed E-state index contributed by atoms with van der Waals surface area (Å²) in [4.78, 5) is 23.7. The first-order chi connectivity index (χ1) is 10.5. The van der Waals surface area contributed by atoms with Crippen molar-refractivity contribution in [2.75, 3.05) is 13.7 Å². The van der Waals surface area contributed by atoms with Gasteiger partial charge in [-0.15, -0.1) is 0 Å². The van der Waals surface area contributed by atoms with E-state index in [9.17, 15) is 9.59 Å². The van der Waals surface area contributed by atoms with Gasteiger partial charge in [0, 0.05) is 23.7 Å². The van der Waals surface area contributed by atoms with Crippen LogP contribution in [0.15, 0.2) is 18.2 Å². The lowest BCUT2D eigenvalue weighted by Gasteiger charge is -2.17. The zero-order chi connectivity index (χ0) is 16.5. The SMILES string of the molecule is CCCCC(CN)NC(=O)Cc1cc(C(C)=O)ccc1OC. The summed E-state index contributed by atoms with van der Waals surface area (Å²) in [6.45, 7) is 4.03. The van der Waals surface area contributed by atoms with Crippen molar-refractivity contribution in [2.45, 2.75) is 45.6 Å². The highest BCUT2D eigenvalue weighted by atomic mass is 16.5. The van der Waals surface area contributed by atoms with Gasteiger partial charge in [-0.05, 0) is 31.5 Å². The van der Waals surface area contributed by atoms with Gasteiger partial charge in [-0.1, -0.05) is 19.8 Å². The van der Waals surface area contributed by atoms with Gasteiger partial charge < -0.3 is 15.8 Å². The lowest BCUT2D eigenvalue weighted by atomic mass is 10.0. The fraction of sp³-hybridized carbons (Fsp3) is 0.529. The second-order valence-electron chi connectivity index (χ2n) is 5.40. The van der Waals surface area contributed by atoms with E-state index in [0.29, 0.717) is 23.4 Å². The summed E-state index contributed by atoms with van der Waals surface area (Å²) in [6.07, 6.45) is 3.16. The second kappa shape index (κ2) is 9.20. The van der Waals surface area contributed by atoms with Crippen LogP contribution < -0.4 is 15.8 Å². The van der Waals surface area contributed by atoms with Crippen molar-refractivity contribution < 1.29 is 14.3 Å². The van der Waals surface area contributed by atoms with Crippen LogP contribution in [0.1, 0.15) is 49.0 Å². The number of amides is 1. The molecule has 3 N–H and O–H groups in total. The number of ether oxygens (including phenoxy) is 1. The maximum atomic E-state index is 12.2. The molecule has 5 heteroatoms. The highest BCUT2D eigenvalue weighted by Gasteiger charge is 2.14. The number of methoxy groups -OCH3 is 1. The number of rotatable bonds is 9.